The quantitative estimate of drug-likeness (QED) is 0.637. The number of benzene rings is 3. The van der Waals surface area contributed by atoms with E-state index in [0.29, 0.717) is 54.3 Å². The molecule has 0 aliphatic carbocycles. The van der Waals surface area contributed by atoms with Gasteiger partial charge in [0.05, 0.1) is 19.8 Å². The van der Waals surface area contributed by atoms with E-state index in [2.05, 4.69) is 5.32 Å². The molecule has 0 atom stereocenters. The Labute approximate surface area is 185 Å². The van der Waals surface area contributed by atoms with Gasteiger partial charge in [-0.3, -0.25) is 9.59 Å². The van der Waals surface area contributed by atoms with Gasteiger partial charge in [0.15, 0.2) is 5.72 Å². The molecule has 7 heteroatoms. The van der Waals surface area contributed by atoms with Crippen molar-refractivity contribution in [3.63, 3.8) is 0 Å². The van der Waals surface area contributed by atoms with Gasteiger partial charge in [-0.25, -0.2) is 4.90 Å². The van der Waals surface area contributed by atoms with Crippen molar-refractivity contribution in [1.82, 2.24) is 10.2 Å². The molecule has 2 aliphatic heterocycles. The van der Waals surface area contributed by atoms with Crippen LogP contribution < -0.4 is 19.5 Å². The van der Waals surface area contributed by atoms with Gasteiger partial charge in [-0.15, -0.1) is 0 Å². The fourth-order valence-corrected chi connectivity index (χ4v) is 4.63. The fraction of sp³-hybridized carbons (Fsp3) is 0.280. The van der Waals surface area contributed by atoms with E-state index in [-0.39, 0.29) is 5.91 Å². The number of hydrogen-bond donors (Lipinski definition) is 1. The molecule has 1 N–H and O–H groups in total. The first-order valence-electron chi connectivity index (χ1n) is 10.6. The van der Waals surface area contributed by atoms with Crippen LogP contribution in [0.1, 0.15) is 33.6 Å². The smallest absolute Gasteiger partial charge is 0.267 e. The Hall–Kier alpha value is -3.58. The monoisotopic (exact) mass is 432 g/mol. The van der Waals surface area contributed by atoms with Crippen LogP contribution in [0.4, 0.5) is 0 Å². The van der Waals surface area contributed by atoms with Gasteiger partial charge >= 0.3 is 0 Å². The Bertz CT molecular complexity index is 1220. The van der Waals surface area contributed by atoms with Gasteiger partial charge in [-0.2, -0.15) is 0 Å². The summed E-state index contributed by atoms with van der Waals surface area (Å²) >= 11 is 0. The van der Waals surface area contributed by atoms with E-state index < -0.39 is 11.6 Å². The number of carbonyl (C=O) groups is 2. The standard InChI is InChI=1S/C25H24N2O5/c1-30-20-9-5-7-17-19(20)14-16(15-22(17)31-2)23(28)27-24(29)18-6-3-4-8-21(18)32-25(27)10-12-26-13-11-25/h3-9,14-15,26H,10-13H2,1-2H3. The van der Waals surface area contributed by atoms with Crippen molar-refractivity contribution < 1.29 is 23.8 Å². The molecular weight excluding hydrogens is 408 g/mol. The van der Waals surface area contributed by atoms with Gasteiger partial charge in [0.25, 0.3) is 11.8 Å². The third kappa shape index (κ3) is 3.08. The zero-order valence-corrected chi connectivity index (χ0v) is 18.0. The molecule has 2 amide bonds. The molecule has 1 spiro atoms. The Morgan fingerprint density at radius 3 is 2.47 bits per heavy atom. The molecule has 1 saturated heterocycles. The number of hydrogen-bond acceptors (Lipinski definition) is 6. The molecule has 2 aliphatic rings. The fourth-order valence-electron chi connectivity index (χ4n) is 4.63. The van der Waals surface area contributed by atoms with Gasteiger partial charge in [0, 0.05) is 42.3 Å². The molecule has 0 unspecified atom stereocenters. The zero-order valence-electron chi connectivity index (χ0n) is 18.0. The lowest BCUT2D eigenvalue weighted by Crippen LogP contribution is -2.64. The minimum Gasteiger partial charge on any atom is -0.496 e. The first-order valence-corrected chi connectivity index (χ1v) is 10.6. The van der Waals surface area contributed by atoms with Crippen LogP contribution in [-0.4, -0.2) is 49.7 Å². The maximum absolute atomic E-state index is 13.9. The number of para-hydroxylation sites is 1. The molecule has 3 aromatic rings. The molecule has 5 rings (SSSR count). The van der Waals surface area contributed by atoms with Crippen molar-refractivity contribution in [1.29, 1.82) is 0 Å². The molecule has 1 fully saturated rings. The van der Waals surface area contributed by atoms with Crippen LogP contribution in [0.2, 0.25) is 0 Å². The molecule has 7 nitrogen and oxygen atoms in total. The van der Waals surface area contributed by atoms with Gasteiger partial charge < -0.3 is 19.5 Å². The van der Waals surface area contributed by atoms with Crippen LogP contribution >= 0.6 is 0 Å². The summed E-state index contributed by atoms with van der Waals surface area (Å²) in [6, 6.07) is 16.1. The average Bonchev–Trinajstić information content (AvgIpc) is 2.83. The second-order valence-electron chi connectivity index (χ2n) is 7.97. The van der Waals surface area contributed by atoms with Crippen LogP contribution in [-0.2, 0) is 0 Å². The van der Waals surface area contributed by atoms with Crippen molar-refractivity contribution in [2.24, 2.45) is 0 Å². The Kier molecular flexibility index (Phi) is 4.98. The zero-order chi connectivity index (χ0) is 22.3. The number of nitrogens with zero attached hydrogens (tertiary/aromatic N) is 1. The van der Waals surface area contributed by atoms with E-state index in [4.69, 9.17) is 14.2 Å². The molecule has 164 valence electrons. The predicted molar refractivity (Wildman–Crippen MR) is 119 cm³/mol. The number of fused-ring (bicyclic) bond motifs is 2. The van der Waals surface area contributed by atoms with Gasteiger partial charge in [-0.1, -0.05) is 24.3 Å². The third-order valence-corrected chi connectivity index (χ3v) is 6.22. The first-order chi connectivity index (χ1) is 15.6. The predicted octanol–water partition coefficient (Wildman–Crippen LogP) is 3.61. The van der Waals surface area contributed by atoms with Crippen molar-refractivity contribution in [2.45, 2.75) is 18.6 Å². The number of amides is 2. The Balaban J connectivity index is 1.66. The summed E-state index contributed by atoms with van der Waals surface area (Å²) < 4.78 is 17.4. The number of nitrogens with one attached hydrogen (secondary N) is 1. The first kappa shape index (κ1) is 20.3. The second-order valence-corrected chi connectivity index (χ2v) is 7.97. The van der Waals surface area contributed by atoms with E-state index >= 15 is 0 Å². The van der Waals surface area contributed by atoms with Crippen molar-refractivity contribution in [2.75, 3.05) is 27.3 Å². The normalized spacial score (nSPS) is 17.1. The van der Waals surface area contributed by atoms with Crippen molar-refractivity contribution >= 4 is 22.6 Å². The van der Waals surface area contributed by atoms with Gasteiger partial charge in [0.2, 0.25) is 0 Å². The van der Waals surface area contributed by atoms with E-state index in [1.54, 1.807) is 44.6 Å². The van der Waals surface area contributed by atoms with Crippen LogP contribution in [0.3, 0.4) is 0 Å². The number of imide groups is 1. The van der Waals surface area contributed by atoms with E-state index in [9.17, 15) is 9.59 Å². The third-order valence-electron chi connectivity index (χ3n) is 6.22. The van der Waals surface area contributed by atoms with Crippen molar-refractivity contribution in [3.05, 3.63) is 65.7 Å². The Morgan fingerprint density at radius 2 is 1.72 bits per heavy atom. The van der Waals surface area contributed by atoms with Crippen LogP contribution in [0.15, 0.2) is 54.6 Å². The molecule has 0 aromatic heterocycles. The lowest BCUT2D eigenvalue weighted by Gasteiger charge is -2.47. The highest BCUT2D eigenvalue weighted by Crippen LogP contribution is 2.40. The molecule has 0 radical (unpaired) electrons. The number of ether oxygens (including phenoxy) is 3. The summed E-state index contributed by atoms with van der Waals surface area (Å²) in [5.41, 5.74) is -0.306. The number of rotatable bonds is 3. The highest BCUT2D eigenvalue weighted by atomic mass is 16.5. The van der Waals surface area contributed by atoms with E-state index in [0.717, 1.165) is 10.8 Å². The van der Waals surface area contributed by atoms with Crippen LogP contribution in [0.5, 0.6) is 17.2 Å². The van der Waals surface area contributed by atoms with Gasteiger partial charge in [0.1, 0.15) is 17.2 Å². The number of piperidine rings is 1. The highest BCUT2D eigenvalue weighted by molar-refractivity contribution is 6.14. The van der Waals surface area contributed by atoms with E-state index in [1.165, 1.54) is 4.90 Å². The summed E-state index contributed by atoms with van der Waals surface area (Å²) in [6.07, 6.45) is 1.01. The lowest BCUT2D eigenvalue weighted by molar-refractivity contribution is -0.0776. The van der Waals surface area contributed by atoms with Gasteiger partial charge in [-0.05, 0) is 30.3 Å². The van der Waals surface area contributed by atoms with E-state index in [1.807, 2.05) is 24.3 Å². The molecule has 2 heterocycles. The summed E-state index contributed by atoms with van der Waals surface area (Å²) in [7, 11) is 3.14. The summed E-state index contributed by atoms with van der Waals surface area (Å²) in [5, 5.41) is 4.85. The molecular formula is C25H24N2O5. The summed E-state index contributed by atoms with van der Waals surface area (Å²) in [4.78, 5) is 28.8. The minimum absolute atomic E-state index is 0.341. The van der Waals surface area contributed by atoms with Crippen LogP contribution in [0.25, 0.3) is 10.8 Å². The average molecular weight is 432 g/mol. The summed E-state index contributed by atoms with van der Waals surface area (Å²) in [6.45, 7) is 1.29. The van der Waals surface area contributed by atoms with Crippen molar-refractivity contribution in [3.8, 4) is 17.2 Å². The summed E-state index contributed by atoms with van der Waals surface area (Å²) in [5.74, 6) is 0.907. The Morgan fingerprint density at radius 1 is 0.969 bits per heavy atom. The van der Waals surface area contributed by atoms with Crippen LogP contribution in [0, 0.1) is 0 Å². The maximum atomic E-state index is 13.9. The SMILES string of the molecule is COc1cc(C(=O)N2C(=O)c3ccccc3OC23CCNCC3)cc2c(OC)cccc12. The lowest BCUT2D eigenvalue weighted by atomic mass is 9.94. The molecule has 3 aromatic carbocycles. The topological polar surface area (TPSA) is 77.1 Å². The molecule has 0 saturated carbocycles. The maximum Gasteiger partial charge on any atom is 0.267 e. The number of methoxy groups -OCH3 is 2. The largest absolute Gasteiger partial charge is 0.496 e. The minimum atomic E-state index is -1.03. The molecule has 0 bridgehead atoms. The molecule has 32 heavy (non-hydrogen) atoms. The second kappa shape index (κ2) is 7.84. The highest BCUT2D eigenvalue weighted by Gasteiger charge is 2.51. The number of carbonyl (C=O) groups excluding carboxylic acids is 2.